The van der Waals surface area contributed by atoms with Crippen LogP contribution >= 0.6 is 11.9 Å². The first-order valence-electron chi connectivity index (χ1n) is 9.03. The quantitative estimate of drug-likeness (QED) is 0.386. The topological polar surface area (TPSA) is 96.2 Å². The molecule has 0 fully saturated rings. The van der Waals surface area contributed by atoms with E-state index in [9.17, 15) is 22.8 Å². The number of urea groups is 1. The standard InChI is InChI=1S/C20H23F3N4O2S/c1-13(28)25-11-10-19(2,14-6-5-7-15(12-14)20(21,22)23)26-18(29)27-30-17-9-4-3-8-16(17)24/h3-9,12H,10-11,24H2,1-2H3,(H,25,28)(H2,26,27,29). The van der Waals surface area contributed by atoms with Crippen LogP contribution in [0, 0.1) is 0 Å². The smallest absolute Gasteiger partial charge is 0.398 e. The Morgan fingerprint density at radius 3 is 2.37 bits per heavy atom. The number of anilines is 1. The molecule has 162 valence electrons. The third-order valence-corrected chi connectivity index (χ3v) is 5.27. The summed E-state index contributed by atoms with van der Waals surface area (Å²) in [5.74, 6) is -0.277. The fourth-order valence-electron chi connectivity index (χ4n) is 2.76. The van der Waals surface area contributed by atoms with Crippen LogP contribution in [0.5, 0.6) is 0 Å². The van der Waals surface area contributed by atoms with Gasteiger partial charge in [0.05, 0.1) is 16.0 Å². The number of amides is 3. The zero-order valence-corrected chi connectivity index (χ0v) is 17.3. The molecular weight excluding hydrogens is 417 g/mol. The molecule has 5 N–H and O–H groups in total. The van der Waals surface area contributed by atoms with Crippen molar-refractivity contribution < 1.29 is 22.8 Å². The van der Waals surface area contributed by atoms with E-state index in [2.05, 4.69) is 15.4 Å². The molecule has 3 amide bonds. The van der Waals surface area contributed by atoms with Crippen molar-refractivity contribution in [3.8, 4) is 0 Å². The molecule has 1 atom stereocenters. The summed E-state index contributed by atoms with van der Waals surface area (Å²) in [5.41, 5.74) is 4.59. The number of hydrogen-bond donors (Lipinski definition) is 4. The number of para-hydroxylation sites is 1. The van der Waals surface area contributed by atoms with Crippen LogP contribution < -0.4 is 21.1 Å². The Morgan fingerprint density at radius 2 is 1.73 bits per heavy atom. The van der Waals surface area contributed by atoms with Crippen LogP contribution in [0.4, 0.5) is 23.7 Å². The second-order valence-corrected chi connectivity index (χ2v) is 7.69. The minimum Gasteiger partial charge on any atom is -0.398 e. The SMILES string of the molecule is CC(=O)NCCC(C)(NC(=O)NSc1ccccc1N)c1cccc(C(F)(F)F)c1. The summed E-state index contributed by atoms with van der Waals surface area (Å²) < 4.78 is 42.0. The first-order chi connectivity index (χ1) is 14.0. The van der Waals surface area contributed by atoms with E-state index in [1.54, 1.807) is 31.2 Å². The predicted molar refractivity (Wildman–Crippen MR) is 110 cm³/mol. The van der Waals surface area contributed by atoms with E-state index in [0.29, 0.717) is 10.6 Å². The molecule has 0 bridgehead atoms. The van der Waals surface area contributed by atoms with Crippen molar-refractivity contribution in [2.45, 2.75) is 36.9 Å². The molecule has 0 aromatic heterocycles. The summed E-state index contributed by atoms with van der Waals surface area (Å²) in [4.78, 5) is 24.3. The summed E-state index contributed by atoms with van der Waals surface area (Å²) >= 11 is 0.990. The van der Waals surface area contributed by atoms with Crippen LogP contribution in [0.3, 0.4) is 0 Å². The minimum atomic E-state index is -4.52. The van der Waals surface area contributed by atoms with Gasteiger partial charge in [0.1, 0.15) is 0 Å². The van der Waals surface area contributed by atoms with Crippen LogP contribution in [0.25, 0.3) is 0 Å². The fraction of sp³-hybridized carbons (Fsp3) is 0.300. The zero-order valence-electron chi connectivity index (χ0n) is 16.5. The van der Waals surface area contributed by atoms with Gasteiger partial charge < -0.3 is 16.4 Å². The number of nitrogens with two attached hydrogens (primary N) is 1. The van der Waals surface area contributed by atoms with E-state index in [4.69, 9.17) is 5.73 Å². The number of alkyl halides is 3. The van der Waals surface area contributed by atoms with E-state index in [0.717, 1.165) is 24.1 Å². The number of carbonyl (C=O) groups excluding carboxylic acids is 2. The van der Waals surface area contributed by atoms with E-state index in [1.807, 2.05) is 0 Å². The van der Waals surface area contributed by atoms with Crippen LogP contribution in [-0.4, -0.2) is 18.5 Å². The molecule has 2 rings (SSSR count). The summed E-state index contributed by atoms with van der Waals surface area (Å²) in [6.45, 7) is 3.11. The Morgan fingerprint density at radius 1 is 1.07 bits per heavy atom. The average Bonchev–Trinajstić information content (AvgIpc) is 2.66. The lowest BCUT2D eigenvalue weighted by atomic mass is 9.87. The van der Waals surface area contributed by atoms with Gasteiger partial charge >= 0.3 is 12.2 Å². The maximum Gasteiger partial charge on any atom is 0.416 e. The van der Waals surface area contributed by atoms with Crippen molar-refractivity contribution in [3.63, 3.8) is 0 Å². The van der Waals surface area contributed by atoms with Gasteiger partial charge in [-0.05, 0) is 55.1 Å². The highest BCUT2D eigenvalue weighted by molar-refractivity contribution is 7.98. The molecule has 2 aromatic carbocycles. The Bertz CT molecular complexity index is 908. The van der Waals surface area contributed by atoms with Gasteiger partial charge in [-0.2, -0.15) is 13.2 Å². The van der Waals surface area contributed by atoms with E-state index in [1.165, 1.54) is 19.1 Å². The molecular formula is C20H23F3N4O2S. The molecule has 0 aliphatic rings. The molecule has 0 aliphatic heterocycles. The van der Waals surface area contributed by atoms with Gasteiger partial charge in [-0.3, -0.25) is 9.52 Å². The normalized spacial score (nSPS) is 13.2. The average molecular weight is 440 g/mol. The van der Waals surface area contributed by atoms with Crippen LogP contribution in [0.2, 0.25) is 0 Å². The number of nitrogens with one attached hydrogen (secondary N) is 3. The number of rotatable bonds is 7. The van der Waals surface area contributed by atoms with E-state index >= 15 is 0 Å². The van der Waals surface area contributed by atoms with Gasteiger partial charge in [-0.15, -0.1) is 0 Å². The van der Waals surface area contributed by atoms with Gasteiger partial charge in [-0.25, -0.2) is 4.79 Å². The van der Waals surface area contributed by atoms with Crippen molar-refractivity contribution in [3.05, 3.63) is 59.7 Å². The summed E-state index contributed by atoms with van der Waals surface area (Å²) in [7, 11) is 0. The molecule has 0 saturated heterocycles. The maximum atomic E-state index is 13.2. The van der Waals surface area contributed by atoms with Crippen molar-refractivity contribution in [1.82, 2.24) is 15.4 Å². The van der Waals surface area contributed by atoms with Crippen LogP contribution in [0.15, 0.2) is 53.4 Å². The third-order valence-electron chi connectivity index (χ3n) is 4.39. The number of halogens is 3. The number of carbonyl (C=O) groups is 2. The molecule has 6 nitrogen and oxygen atoms in total. The van der Waals surface area contributed by atoms with Crippen molar-refractivity contribution in [1.29, 1.82) is 0 Å². The maximum absolute atomic E-state index is 13.2. The second-order valence-electron chi connectivity index (χ2n) is 6.84. The Balaban J connectivity index is 2.20. The highest BCUT2D eigenvalue weighted by Crippen LogP contribution is 2.33. The number of hydrogen-bond acceptors (Lipinski definition) is 4. The van der Waals surface area contributed by atoms with Gasteiger partial charge in [-0.1, -0.05) is 24.3 Å². The lowest BCUT2D eigenvalue weighted by Crippen LogP contribution is -2.48. The fourth-order valence-corrected chi connectivity index (χ4v) is 3.34. The molecule has 0 aliphatic carbocycles. The van der Waals surface area contributed by atoms with Gasteiger partial charge in [0, 0.05) is 19.2 Å². The first kappa shape index (κ1) is 23.4. The lowest BCUT2D eigenvalue weighted by molar-refractivity contribution is -0.137. The molecule has 0 heterocycles. The van der Waals surface area contributed by atoms with Crippen LogP contribution in [0.1, 0.15) is 31.4 Å². The molecule has 10 heteroatoms. The Labute approximate surface area is 176 Å². The summed E-state index contributed by atoms with van der Waals surface area (Å²) in [6.07, 6.45) is -4.34. The van der Waals surface area contributed by atoms with Crippen molar-refractivity contribution >= 4 is 29.6 Å². The van der Waals surface area contributed by atoms with E-state index in [-0.39, 0.29) is 24.4 Å². The predicted octanol–water partition coefficient (Wildman–Crippen LogP) is 4.04. The van der Waals surface area contributed by atoms with Gasteiger partial charge in [0.25, 0.3) is 0 Å². The minimum absolute atomic E-state index is 0.168. The zero-order chi connectivity index (χ0) is 22.4. The van der Waals surface area contributed by atoms with Crippen molar-refractivity contribution in [2.75, 3.05) is 12.3 Å². The van der Waals surface area contributed by atoms with Gasteiger partial charge in [0.15, 0.2) is 0 Å². The van der Waals surface area contributed by atoms with Crippen molar-refractivity contribution in [2.24, 2.45) is 0 Å². The van der Waals surface area contributed by atoms with Crippen LogP contribution in [-0.2, 0) is 16.5 Å². The highest BCUT2D eigenvalue weighted by Gasteiger charge is 2.34. The molecule has 0 spiro atoms. The summed E-state index contributed by atoms with van der Waals surface area (Å²) in [6, 6.07) is 11.1. The Hall–Kier alpha value is -2.88. The molecule has 30 heavy (non-hydrogen) atoms. The number of nitrogen functional groups attached to an aromatic ring is 1. The highest BCUT2D eigenvalue weighted by atomic mass is 32.2. The molecule has 1 unspecified atom stereocenters. The Kier molecular flexibility index (Phi) is 7.60. The lowest BCUT2D eigenvalue weighted by Gasteiger charge is -2.32. The molecule has 0 radical (unpaired) electrons. The largest absolute Gasteiger partial charge is 0.416 e. The van der Waals surface area contributed by atoms with E-state index < -0.39 is 23.3 Å². The third kappa shape index (κ3) is 6.58. The monoisotopic (exact) mass is 440 g/mol. The van der Waals surface area contributed by atoms with Gasteiger partial charge in [0.2, 0.25) is 5.91 Å². The summed E-state index contributed by atoms with van der Waals surface area (Å²) in [5, 5.41) is 5.32. The second kappa shape index (κ2) is 9.75. The number of benzene rings is 2. The first-order valence-corrected chi connectivity index (χ1v) is 9.84. The molecule has 0 saturated carbocycles. The molecule has 2 aromatic rings.